The van der Waals surface area contributed by atoms with E-state index >= 15 is 0 Å². The summed E-state index contributed by atoms with van der Waals surface area (Å²) < 4.78 is 5.15. The van der Waals surface area contributed by atoms with Gasteiger partial charge in [0.2, 0.25) is 5.91 Å². The molecule has 1 heterocycles. The second-order valence-electron chi connectivity index (χ2n) is 4.89. The number of ether oxygens (including phenoxy) is 1. The topological polar surface area (TPSA) is 55.6 Å². The lowest BCUT2D eigenvalue weighted by Crippen LogP contribution is -2.39. The Morgan fingerprint density at radius 2 is 2.19 bits per heavy atom. The van der Waals surface area contributed by atoms with Crippen LogP contribution in [0.1, 0.15) is 17.5 Å². The van der Waals surface area contributed by atoms with Gasteiger partial charge in [-0.1, -0.05) is 23.2 Å². The van der Waals surface area contributed by atoms with E-state index in [0.29, 0.717) is 36.1 Å². The van der Waals surface area contributed by atoms with Crippen LogP contribution >= 0.6 is 35.6 Å². The number of fused-ring (bicyclic) bond motifs is 1. The molecule has 0 radical (unpaired) electrons. The lowest BCUT2D eigenvalue weighted by molar-refractivity contribution is -0.134. The van der Waals surface area contributed by atoms with E-state index in [1.165, 1.54) is 0 Å². The first kappa shape index (κ1) is 18.5. The summed E-state index contributed by atoms with van der Waals surface area (Å²) in [7, 11) is 1.56. The second kappa shape index (κ2) is 8.20. The molecule has 1 unspecified atom stereocenters. The largest absolute Gasteiger partial charge is 0.380 e. The fraction of sp³-hybridized carbons (Fsp3) is 0.500. The van der Waals surface area contributed by atoms with Crippen molar-refractivity contribution in [1.29, 1.82) is 0 Å². The van der Waals surface area contributed by atoms with Gasteiger partial charge in [-0.3, -0.25) is 4.79 Å². The van der Waals surface area contributed by atoms with E-state index in [-0.39, 0.29) is 24.4 Å². The summed E-state index contributed by atoms with van der Waals surface area (Å²) >= 11 is 12.2. The summed E-state index contributed by atoms with van der Waals surface area (Å²) in [5.41, 5.74) is 7.65. The smallest absolute Gasteiger partial charge is 0.225 e. The zero-order valence-electron chi connectivity index (χ0n) is 11.8. The maximum Gasteiger partial charge on any atom is 0.225 e. The van der Waals surface area contributed by atoms with E-state index in [1.807, 2.05) is 6.07 Å². The van der Waals surface area contributed by atoms with Crippen molar-refractivity contribution in [3.05, 3.63) is 33.3 Å². The van der Waals surface area contributed by atoms with Crippen molar-refractivity contribution < 1.29 is 9.53 Å². The van der Waals surface area contributed by atoms with Crippen molar-refractivity contribution >= 4 is 41.5 Å². The molecular formula is C14H19Cl3N2O2. The first-order chi connectivity index (χ1) is 9.55. The Kier molecular flexibility index (Phi) is 7.24. The van der Waals surface area contributed by atoms with Crippen LogP contribution in [-0.2, 0) is 22.5 Å². The Balaban J connectivity index is 0.00000220. The summed E-state index contributed by atoms with van der Waals surface area (Å²) in [6.45, 7) is 1.53. The van der Waals surface area contributed by atoms with Gasteiger partial charge in [0.15, 0.2) is 0 Å². The van der Waals surface area contributed by atoms with Crippen molar-refractivity contribution in [1.82, 2.24) is 4.90 Å². The number of amides is 1. The highest BCUT2D eigenvalue weighted by atomic mass is 35.5. The average Bonchev–Trinajstić information content (AvgIpc) is 2.44. The fourth-order valence-electron chi connectivity index (χ4n) is 2.38. The van der Waals surface area contributed by atoms with Crippen LogP contribution in [0.2, 0.25) is 10.0 Å². The minimum absolute atomic E-state index is 0. The van der Waals surface area contributed by atoms with Crippen LogP contribution in [0.5, 0.6) is 0 Å². The third-order valence-corrected chi connectivity index (χ3v) is 4.16. The summed E-state index contributed by atoms with van der Waals surface area (Å²) in [5.74, 6) is 0.0407. The van der Waals surface area contributed by atoms with Gasteiger partial charge in [0, 0.05) is 36.8 Å². The number of carbonyl (C=O) groups is 1. The third-order valence-electron chi connectivity index (χ3n) is 3.60. The number of rotatable bonds is 4. The molecule has 4 nitrogen and oxygen atoms in total. The molecule has 2 rings (SSSR count). The molecule has 2 N–H and O–H groups in total. The second-order valence-corrected chi connectivity index (χ2v) is 5.73. The Labute approximate surface area is 140 Å². The van der Waals surface area contributed by atoms with Gasteiger partial charge in [0.25, 0.3) is 0 Å². The van der Waals surface area contributed by atoms with E-state index < -0.39 is 0 Å². The Hall–Kier alpha value is -0.520. The molecule has 1 amide bonds. The van der Waals surface area contributed by atoms with Gasteiger partial charge in [-0.25, -0.2) is 0 Å². The van der Waals surface area contributed by atoms with Crippen molar-refractivity contribution in [3.8, 4) is 0 Å². The molecular weight excluding hydrogens is 335 g/mol. The predicted molar refractivity (Wildman–Crippen MR) is 87.3 cm³/mol. The minimum Gasteiger partial charge on any atom is -0.380 e. The number of nitrogens with two attached hydrogens (primary N) is 1. The van der Waals surface area contributed by atoms with E-state index in [4.69, 9.17) is 33.7 Å². The summed E-state index contributed by atoms with van der Waals surface area (Å²) in [4.78, 5) is 14.0. The molecule has 0 spiro atoms. The standard InChI is InChI=1S/C14H18Cl2N2O2.ClH/c1-20-11(7-17)6-14(19)18-3-2-9-4-10(15)5-13(16)12(9)8-18;/h4-5,11H,2-3,6-8,17H2,1H3;1H. The van der Waals surface area contributed by atoms with Gasteiger partial charge in [-0.15, -0.1) is 12.4 Å². The number of nitrogens with zero attached hydrogens (tertiary/aromatic N) is 1. The quantitative estimate of drug-likeness (QED) is 0.905. The third kappa shape index (κ3) is 4.47. The van der Waals surface area contributed by atoms with Crippen LogP contribution in [0.15, 0.2) is 12.1 Å². The van der Waals surface area contributed by atoms with Crippen molar-refractivity contribution in [2.45, 2.75) is 25.5 Å². The Bertz CT molecular complexity index is 507. The highest BCUT2D eigenvalue weighted by Gasteiger charge is 2.24. The summed E-state index contributed by atoms with van der Waals surface area (Å²) in [6, 6.07) is 3.64. The lowest BCUT2D eigenvalue weighted by atomic mass is 9.99. The van der Waals surface area contributed by atoms with Crippen molar-refractivity contribution in [3.63, 3.8) is 0 Å². The predicted octanol–water partition coefficient (Wildman–Crippen LogP) is 2.66. The van der Waals surface area contributed by atoms with Crippen molar-refractivity contribution in [2.75, 3.05) is 20.2 Å². The highest BCUT2D eigenvalue weighted by Crippen LogP contribution is 2.30. The van der Waals surface area contributed by atoms with Crippen LogP contribution in [0, 0.1) is 0 Å². The first-order valence-corrected chi connectivity index (χ1v) is 7.28. The number of methoxy groups -OCH3 is 1. The molecule has 1 aromatic rings. The van der Waals surface area contributed by atoms with Gasteiger partial charge in [0.05, 0.1) is 12.5 Å². The zero-order chi connectivity index (χ0) is 14.7. The number of halogens is 3. The lowest BCUT2D eigenvalue weighted by Gasteiger charge is -2.30. The van der Waals surface area contributed by atoms with E-state index in [0.717, 1.165) is 17.5 Å². The molecule has 0 bridgehead atoms. The van der Waals surface area contributed by atoms with E-state index in [2.05, 4.69) is 0 Å². The van der Waals surface area contributed by atoms with Gasteiger partial charge < -0.3 is 15.4 Å². The van der Waals surface area contributed by atoms with E-state index in [1.54, 1.807) is 18.1 Å². The van der Waals surface area contributed by atoms with Crippen LogP contribution in [0.25, 0.3) is 0 Å². The van der Waals surface area contributed by atoms with Crippen LogP contribution < -0.4 is 5.73 Å². The number of benzene rings is 1. The number of hydrogen-bond donors (Lipinski definition) is 1. The average molecular weight is 354 g/mol. The number of carbonyl (C=O) groups excluding carboxylic acids is 1. The normalized spacial score (nSPS) is 15.1. The molecule has 1 aliphatic heterocycles. The Morgan fingerprint density at radius 1 is 1.48 bits per heavy atom. The Morgan fingerprint density at radius 3 is 2.81 bits per heavy atom. The van der Waals surface area contributed by atoms with Crippen LogP contribution in [-0.4, -0.2) is 37.1 Å². The van der Waals surface area contributed by atoms with Gasteiger partial charge in [-0.2, -0.15) is 0 Å². The first-order valence-electron chi connectivity index (χ1n) is 6.52. The van der Waals surface area contributed by atoms with Crippen LogP contribution in [0.3, 0.4) is 0 Å². The van der Waals surface area contributed by atoms with Crippen LogP contribution in [0.4, 0.5) is 0 Å². The summed E-state index contributed by atoms with van der Waals surface area (Å²) in [5, 5.41) is 1.25. The molecule has 1 atom stereocenters. The molecule has 0 aromatic heterocycles. The molecule has 118 valence electrons. The zero-order valence-corrected chi connectivity index (χ0v) is 14.1. The van der Waals surface area contributed by atoms with E-state index in [9.17, 15) is 4.79 Å². The molecule has 7 heteroatoms. The molecule has 0 aliphatic carbocycles. The maximum atomic E-state index is 12.2. The fourth-order valence-corrected chi connectivity index (χ4v) is 2.98. The minimum atomic E-state index is -0.232. The SMILES string of the molecule is COC(CN)CC(=O)N1CCc2cc(Cl)cc(Cl)c2C1.Cl. The highest BCUT2D eigenvalue weighted by molar-refractivity contribution is 6.35. The molecule has 1 aromatic carbocycles. The van der Waals surface area contributed by atoms with Gasteiger partial charge in [0.1, 0.15) is 0 Å². The van der Waals surface area contributed by atoms with Gasteiger partial charge in [-0.05, 0) is 29.7 Å². The molecule has 21 heavy (non-hydrogen) atoms. The van der Waals surface area contributed by atoms with Gasteiger partial charge >= 0.3 is 0 Å². The molecule has 0 fully saturated rings. The maximum absolute atomic E-state index is 12.2. The molecule has 1 aliphatic rings. The molecule has 0 saturated heterocycles. The summed E-state index contributed by atoms with van der Waals surface area (Å²) in [6.07, 6.45) is 0.833. The van der Waals surface area contributed by atoms with Crippen molar-refractivity contribution in [2.24, 2.45) is 5.73 Å². The molecule has 0 saturated carbocycles. The number of hydrogen-bond acceptors (Lipinski definition) is 3. The monoisotopic (exact) mass is 352 g/mol.